The molecule has 1 rings (SSSR count). The van der Waals surface area contributed by atoms with Gasteiger partial charge in [0.05, 0.1) is 0 Å². The second-order valence-electron chi connectivity index (χ2n) is 3.64. The fraction of sp³-hybridized carbons (Fsp3) is 0.385. The molecule has 0 aromatic heterocycles. The third-order valence-corrected chi connectivity index (χ3v) is 2.88. The Kier molecular flexibility index (Phi) is 5.60. The molecule has 0 saturated carbocycles. The Balaban J connectivity index is 3.05. The summed E-state index contributed by atoms with van der Waals surface area (Å²) in [4.78, 5) is 0. The molecule has 92 valence electrons. The van der Waals surface area contributed by atoms with E-state index in [-0.39, 0.29) is 11.6 Å². The number of hydrogen-bond donors (Lipinski definition) is 1. The van der Waals surface area contributed by atoms with Crippen LogP contribution in [0.15, 0.2) is 16.6 Å². The van der Waals surface area contributed by atoms with Crippen LogP contribution in [0, 0.1) is 24.0 Å². The maximum atomic E-state index is 13.8. The first-order valence-electron chi connectivity index (χ1n) is 5.41. The summed E-state index contributed by atoms with van der Waals surface area (Å²) in [6.07, 6.45) is 6.17. The maximum absolute atomic E-state index is 13.8. The lowest BCUT2D eigenvalue weighted by Crippen LogP contribution is -2.23. The Hall–Kier alpha value is -0.920. The van der Waals surface area contributed by atoms with Crippen LogP contribution in [-0.4, -0.2) is 6.54 Å². The van der Waals surface area contributed by atoms with Gasteiger partial charge in [-0.25, -0.2) is 8.78 Å². The summed E-state index contributed by atoms with van der Waals surface area (Å²) < 4.78 is 27.9. The average Bonchev–Trinajstić information content (AvgIpc) is 2.24. The molecule has 4 heteroatoms. The third kappa shape index (κ3) is 3.79. The molecule has 1 unspecified atom stereocenters. The Bertz CT molecular complexity index is 403. The van der Waals surface area contributed by atoms with Crippen LogP contribution in [0.1, 0.15) is 31.4 Å². The van der Waals surface area contributed by atoms with Crippen LogP contribution in [0.2, 0.25) is 0 Å². The minimum absolute atomic E-state index is 0.0605. The van der Waals surface area contributed by atoms with Gasteiger partial charge in [0.1, 0.15) is 11.6 Å². The number of hydrogen-bond acceptors (Lipinski definition) is 1. The summed E-state index contributed by atoms with van der Waals surface area (Å²) in [5.74, 6) is 1.37. The molecule has 0 spiro atoms. The minimum Gasteiger partial charge on any atom is -0.310 e. The van der Waals surface area contributed by atoms with Crippen LogP contribution in [0.25, 0.3) is 0 Å². The molecule has 0 radical (unpaired) electrons. The van der Waals surface area contributed by atoms with Gasteiger partial charge in [-0.2, -0.15) is 0 Å². The van der Waals surface area contributed by atoms with Crippen molar-refractivity contribution in [3.63, 3.8) is 0 Å². The van der Waals surface area contributed by atoms with Gasteiger partial charge in [-0.1, -0.05) is 22.9 Å². The number of halogens is 3. The predicted octanol–water partition coefficient (Wildman–Crippen LogP) is 3.79. The number of nitrogens with one attached hydrogen (secondary N) is 1. The molecule has 0 saturated heterocycles. The molecule has 1 aromatic carbocycles. The van der Waals surface area contributed by atoms with Crippen molar-refractivity contribution in [1.29, 1.82) is 0 Å². The monoisotopic (exact) mass is 301 g/mol. The van der Waals surface area contributed by atoms with E-state index in [1.165, 1.54) is 12.1 Å². The lowest BCUT2D eigenvalue weighted by atomic mass is 10.0. The van der Waals surface area contributed by atoms with Crippen molar-refractivity contribution >= 4 is 15.9 Å². The first-order chi connectivity index (χ1) is 8.10. The van der Waals surface area contributed by atoms with Crippen LogP contribution in [0.3, 0.4) is 0 Å². The van der Waals surface area contributed by atoms with E-state index in [2.05, 4.69) is 27.2 Å². The van der Waals surface area contributed by atoms with E-state index < -0.39 is 11.6 Å². The third-order valence-electron chi connectivity index (χ3n) is 2.42. The van der Waals surface area contributed by atoms with Crippen molar-refractivity contribution in [3.8, 4) is 12.3 Å². The topological polar surface area (TPSA) is 12.0 Å². The van der Waals surface area contributed by atoms with Gasteiger partial charge in [0.15, 0.2) is 0 Å². The molecular formula is C13H14BrF2N. The SMILES string of the molecule is C#CCCC(NCC)c1c(F)cc(Br)cc1F. The summed E-state index contributed by atoms with van der Waals surface area (Å²) in [6.45, 7) is 2.52. The summed E-state index contributed by atoms with van der Waals surface area (Å²) in [7, 11) is 0. The van der Waals surface area contributed by atoms with Gasteiger partial charge in [-0.05, 0) is 25.1 Å². The van der Waals surface area contributed by atoms with E-state index in [1.807, 2.05) is 6.92 Å². The van der Waals surface area contributed by atoms with Crippen LogP contribution >= 0.6 is 15.9 Å². The predicted molar refractivity (Wildman–Crippen MR) is 68.5 cm³/mol. The van der Waals surface area contributed by atoms with Crippen molar-refractivity contribution < 1.29 is 8.78 Å². The van der Waals surface area contributed by atoms with Gasteiger partial charge in [-0.15, -0.1) is 12.3 Å². The van der Waals surface area contributed by atoms with Gasteiger partial charge in [0.25, 0.3) is 0 Å². The summed E-state index contributed by atoms with van der Waals surface area (Å²) in [5.41, 5.74) is 0.0605. The molecule has 0 aliphatic carbocycles. The second-order valence-corrected chi connectivity index (χ2v) is 4.55. The number of benzene rings is 1. The van der Waals surface area contributed by atoms with Gasteiger partial charge in [0.2, 0.25) is 0 Å². The van der Waals surface area contributed by atoms with Crippen LogP contribution in [0.4, 0.5) is 8.78 Å². The Morgan fingerprint density at radius 2 is 2.00 bits per heavy atom. The molecule has 1 aromatic rings. The van der Waals surface area contributed by atoms with Crippen molar-refractivity contribution in [3.05, 3.63) is 33.8 Å². The van der Waals surface area contributed by atoms with E-state index in [1.54, 1.807) is 0 Å². The molecule has 0 bridgehead atoms. The van der Waals surface area contributed by atoms with E-state index in [0.717, 1.165) is 0 Å². The first kappa shape index (κ1) is 14.1. The maximum Gasteiger partial charge on any atom is 0.132 e. The van der Waals surface area contributed by atoms with Crippen molar-refractivity contribution in [2.24, 2.45) is 0 Å². The van der Waals surface area contributed by atoms with Crippen molar-refractivity contribution in [2.45, 2.75) is 25.8 Å². The van der Waals surface area contributed by atoms with E-state index >= 15 is 0 Å². The quantitative estimate of drug-likeness (QED) is 0.816. The highest BCUT2D eigenvalue weighted by Gasteiger charge is 2.19. The molecular weight excluding hydrogens is 288 g/mol. The summed E-state index contributed by atoms with van der Waals surface area (Å²) in [6, 6.07) is 2.14. The zero-order valence-electron chi connectivity index (χ0n) is 9.56. The van der Waals surface area contributed by atoms with Gasteiger partial charge >= 0.3 is 0 Å². The second kappa shape index (κ2) is 6.73. The molecule has 1 atom stereocenters. The molecule has 0 aliphatic rings. The Morgan fingerprint density at radius 3 is 2.47 bits per heavy atom. The lowest BCUT2D eigenvalue weighted by molar-refractivity contribution is 0.458. The van der Waals surface area contributed by atoms with Crippen LogP contribution < -0.4 is 5.32 Å². The first-order valence-corrected chi connectivity index (χ1v) is 6.20. The summed E-state index contributed by atoms with van der Waals surface area (Å²) in [5, 5.41) is 3.04. The number of terminal acetylenes is 1. The molecule has 0 heterocycles. The fourth-order valence-electron chi connectivity index (χ4n) is 1.71. The fourth-order valence-corrected chi connectivity index (χ4v) is 2.11. The van der Waals surface area contributed by atoms with Crippen LogP contribution in [0.5, 0.6) is 0 Å². The van der Waals surface area contributed by atoms with Gasteiger partial charge in [0, 0.05) is 22.5 Å². The molecule has 1 N–H and O–H groups in total. The highest BCUT2D eigenvalue weighted by molar-refractivity contribution is 9.10. The normalized spacial score (nSPS) is 12.2. The largest absolute Gasteiger partial charge is 0.310 e. The number of rotatable bonds is 5. The molecule has 1 nitrogen and oxygen atoms in total. The zero-order valence-corrected chi connectivity index (χ0v) is 11.2. The average molecular weight is 302 g/mol. The van der Waals surface area contributed by atoms with E-state index in [9.17, 15) is 8.78 Å². The smallest absolute Gasteiger partial charge is 0.132 e. The molecule has 0 fully saturated rings. The van der Waals surface area contributed by atoms with Crippen molar-refractivity contribution in [1.82, 2.24) is 5.32 Å². The molecule has 0 amide bonds. The van der Waals surface area contributed by atoms with Crippen molar-refractivity contribution in [2.75, 3.05) is 6.54 Å². The summed E-state index contributed by atoms with van der Waals surface area (Å²) >= 11 is 3.06. The standard InChI is InChI=1S/C13H14BrF2N/c1-3-5-6-12(17-4-2)13-10(15)7-9(14)8-11(13)16/h1,7-8,12,17H,4-6H2,2H3. The minimum atomic E-state index is -0.556. The van der Waals surface area contributed by atoms with E-state index in [0.29, 0.717) is 23.9 Å². The molecule has 0 aliphatic heterocycles. The highest BCUT2D eigenvalue weighted by Crippen LogP contribution is 2.27. The van der Waals surface area contributed by atoms with Gasteiger partial charge in [-0.3, -0.25) is 0 Å². The molecule has 17 heavy (non-hydrogen) atoms. The van der Waals surface area contributed by atoms with E-state index in [4.69, 9.17) is 6.42 Å². The zero-order chi connectivity index (χ0) is 12.8. The lowest BCUT2D eigenvalue weighted by Gasteiger charge is -2.18. The Morgan fingerprint density at radius 1 is 1.41 bits per heavy atom. The highest BCUT2D eigenvalue weighted by atomic mass is 79.9. The Labute approximate surface area is 109 Å². The van der Waals surface area contributed by atoms with Crippen LogP contribution in [-0.2, 0) is 0 Å². The van der Waals surface area contributed by atoms with Gasteiger partial charge < -0.3 is 5.32 Å².